The first-order valence-corrected chi connectivity index (χ1v) is 5.98. The van der Waals surface area contributed by atoms with Crippen LogP contribution in [-0.4, -0.2) is 13.1 Å². The molecule has 0 bridgehead atoms. The van der Waals surface area contributed by atoms with Crippen LogP contribution in [0.15, 0.2) is 18.2 Å². The molecule has 0 radical (unpaired) electrons. The van der Waals surface area contributed by atoms with E-state index in [1.165, 1.54) is 6.07 Å². The van der Waals surface area contributed by atoms with Gasteiger partial charge in [-0.05, 0) is 37.5 Å². The first-order valence-electron chi connectivity index (χ1n) is 5.60. The number of benzene rings is 1. The minimum Gasteiger partial charge on any atom is -0.372 e. The number of hydrogen-bond donors (Lipinski definition) is 0. The van der Waals surface area contributed by atoms with Crippen molar-refractivity contribution in [3.8, 4) is 0 Å². The molecule has 0 amide bonds. The molecule has 0 spiro atoms. The van der Waals surface area contributed by atoms with E-state index in [0.29, 0.717) is 5.69 Å². The van der Waals surface area contributed by atoms with Crippen molar-refractivity contribution in [2.75, 3.05) is 18.0 Å². The van der Waals surface area contributed by atoms with Crippen molar-refractivity contribution in [3.05, 3.63) is 28.8 Å². The van der Waals surface area contributed by atoms with Crippen LogP contribution in [0.3, 0.4) is 0 Å². The van der Waals surface area contributed by atoms with Crippen molar-refractivity contribution in [2.24, 2.45) is 0 Å². The number of piperidine rings is 1. The zero-order chi connectivity index (χ0) is 12.5. The fourth-order valence-electron chi connectivity index (χ4n) is 2.08. The minimum atomic E-state index is -4.39. The minimum absolute atomic E-state index is 0.238. The number of rotatable bonds is 1. The molecule has 1 aliphatic heterocycles. The monoisotopic (exact) mass is 263 g/mol. The number of nitrogens with zero attached hydrogens (tertiary/aromatic N) is 1. The maximum atomic E-state index is 12.7. The highest BCUT2D eigenvalue weighted by molar-refractivity contribution is 6.31. The topological polar surface area (TPSA) is 3.24 Å². The molecule has 1 fully saturated rings. The smallest absolute Gasteiger partial charge is 0.372 e. The van der Waals surface area contributed by atoms with Crippen LogP contribution in [0.25, 0.3) is 0 Å². The van der Waals surface area contributed by atoms with Gasteiger partial charge in [0.2, 0.25) is 0 Å². The van der Waals surface area contributed by atoms with Crippen molar-refractivity contribution in [2.45, 2.75) is 25.4 Å². The molecule has 0 aromatic heterocycles. The van der Waals surface area contributed by atoms with E-state index >= 15 is 0 Å². The molecular weight excluding hydrogens is 251 g/mol. The van der Waals surface area contributed by atoms with E-state index in [1.54, 1.807) is 6.07 Å². The average Bonchev–Trinajstić information content (AvgIpc) is 2.29. The van der Waals surface area contributed by atoms with E-state index in [4.69, 9.17) is 11.6 Å². The highest BCUT2D eigenvalue weighted by Crippen LogP contribution is 2.37. The summed E-state index contributed by atoms with van der Waals surface area (Å²) in [5, 5.41) is -0.238. The summed E-state index contributed by atoms with van der Waals surface area (Å²) in [5.41, 5.74) is -0.135. The van der Waals surface area contributed by atoms with Gasteiger partial charge < -0.3 is 4.90 Å². The third-order valence-electron chi connectivity index (χ3n) is 2.98. The highest BCUT2D eigenvalue weighted by Gasteiger charge is 2.33. The summed E-state index contributed by atoms with van der Waals surface area (Å²) in [6, 6.07) is 4.13. The second kappa shape index (κ2) is 4.77. The van der Waals surface area contributed by atoms with E-state index < -0.39 is 11.7 Å². The maximum absolute atomic E-state index is 12.7. The average molecular weight is 264 g/mol. The normalized spacial score (nSPS) is 17.3. The Morgan fingerprint density at radius 3 is 2.29 bits per heavy atom. The van der Waals surface area contributed by atoms with Crippen molar-refractivity contribution in [3.63, 3.8) is 0 Å². The number of hydrogen-bond acceptors (Lipinski definition) is 1. The van der Waals surface area contributed by atoms with Gasteiger partial charge >= 0.3 is 6.18 Å². The van der Waals surface area contributed by atoms with Gasteiger partial charge in [-0.3, -0.25) is 0 Å². The Hall–Kier alpha value is -0.900. The molecule has 1 aliphatic rings. The molecule has 1 nitrogen and oxygen atoms in total. The summed E-state index contributed by atoms with van der Waals surface area (Å²) in [4.78, 5) is 1.98. The van der Waals surface area contributed by atoms with Crippen LogP contribution in [-0.2, 0) is 6.18 Å². The fraction of sp³-hybridized carbons (Fsp3) is 0.500. The Morgan fingerprint density at radius 2 is 1.71 bits per heavy atom. The molecule has 0 saturated carbocycles. The Balaban J connectivity index is 2.30. The van der Waals surface area contributed by atoms with E-state index in [2.05, 4.69) is 0 Å². The second-order valence-corrected chi connectivity index (χ2v) is 4.62. The van der Waals surface area contributed by atoms with Gasteiger partial charge in [0.1, 0.15) is 0 Å². The first kappa shape index (κ1) is 12.6. The number of alkyl halides is 3. The molecular formula is C12H13ClF3N. The molecule has 2 rings (SSSR count). The van der Waals surface area contributed by atoms with Crippen LogP contribution in [0.4, 0.5) is 18.9 Å². The van der Waals surface area contributed by atoms with Crippen LogP contribution >= 0.6 is 11.6 Å². The summed E-state index contributed by atoms with van der Waals surface area (Å²) in [6.45, 7) is 1.64. The molecule has 94 valence electrons. The van der Waals surface area contributed by atoms with Crippen LogP contribution in [0.2, 0.25) is 5.02 Å². The Labute approximate surface area is 103 Å². The predicted octanol–water partition coefficient (Wildman–Crippen LogP) is 4.35. The van der Waals surface area contributed by atoms with Gasteiger partial charge in [0.25, 0.3) is 0 Å². The lowest BCUT2D eigenvalue weighted by Gasteiger charge is -2.29. The molecule has 5 heteroatoms. The second-order valence-electron chi connectivity index (χ2n) is 4.21. The van der Waals surface area contributed by atoms with Crippen LogP contribution in [0, 0.1) is 0 Å². The molecule has 1 saturated heterocycles. The number of anilines is 1. The first-order chi connectivity index (χ1) is 7.98. The zero-order valence-corrected chi connectivity index (χ0v) is 9.98. The Morgan fingerprint density at radius 1 is 1.06 bits per heavy atom. The van der Waals surface area contributed by atoms with Crippen LogP contribution in [0.1, 0.15) is 24.8 Å². The molecule has 1 aromatic carbocycles. The Kier molecular flexibility index (Phi) is 3.52. The quantitative estimate of drug-likeness (QED) is 0.728. The van der Waals surface area contributed by atoms with Gasteiger partial charge in [0.15, 0.2) is 0 Å². The van der Waals surface area contributed by atoms with Crippen molar-refractivity contribution in [1.82, 2.24) is 0 Å². The SMILES string of the molecule is FC(F)(F)c1cc(N2CCCCC2)ccc1Cl. The highest BCUT2D eigenvalue weighted by atomic mass is 35.5. The van der Waals surface area contributed by atoms with E-state index in [0.717, 1.165) is 38.4 Å². The van der Waals surface area contributed by atoms with E-state index in [9.17, 15) is 13.2 Å². The maximum Gasteiger partial charge on any atom is 0.417 e. The van der Waals surface area contributed by atoms with Crippen molar-refractivity contribution >= 4 is 17.3 Å². The number of halogens is 4. The molecule has 0 unspecified atom stereocenters. The summed E-state index contributed by atoms with van der Waals surface area (Å²) in [6.07, 6.45) is -1.17. The molecule has 0 atom stereocenters. The third kappa shape index (κ3) is 2.86. The summed E-state index contributed by atoms with van der Waals surface area (Å²) < 4.78 is 38.1. The molecule has 0 N–H and O–H groups in total. The lowest BCUT2D eigenvalue weighted by atomic mass is 10.1. The Bertz CT molecular complexity index is 397. The van der Waals surface area contributed by atoms with E-state index in [-0.39, 0.29) is 5.02 Å². The molecule has 17 heavy (non-hydrogen) atoms. The zero-order valence-electron chi connectivity index (χ0n) is 9.23. The fourth-order valence-corrected chi connectivity index (χ4v) is 2.30. The largest absolute Gasteiger partial charge is 0.417 e. The molecule has 0 aliphatic carbocycles. The standard InChI is InChI=1S/C12H13ClF3N/c13-11-5-4-9(8-10(11)12(14,15)16)17-6-2-1-3-7-17/h4-5,8H,1-3,6-7H2. The van der Waals surface area contributed by atoms with Crippen LogP contribution < -0.4 is 4.90 Å². The third-order valence-corrected chi connectivity index (χ3v) is 3.31. The molecule has 1 aromatic rings. The summed E-state index contributed by atoms with van der Waals surface area (Å²) in [7, 11) is 0. The predicted molar refractivity (Wildman–Crippen MR) is 62.5 cm³/mol. The lowest BCUT2D eigenvalue weighted by molar-refractivity contribution is -0.137. The van der Waals surface area contributed by atoms with Gasteiger partial charge in [-0.15, -0.1) is 0 Å². The van der Waals surface area contributed by atoms with Gasteiger partial charge in [-0.25, -0.2) is 0 Å². The van der Waals surface area contributed by atoms with Crippen molar-refractivity contribution < 1.29 is 13.2 Å². The summed E-state index contributed by atoms with van der Waals surface area (Å²) >= 11 is 5.58. The summed E-state index contributed by atoms with van der Waals surface area (Å²) in [5.74, 6) is 0. The van der Waals surface area contributed by atoms with Crippen LogP contribution in [0.5, 0.6) is 0 Å². The van der Waals surface area contributed by atoms with Gasteiger partial charge in [0, 0.05) is 18.8 Å². The van der Waals surface area contributed by atoms with Crippen molar-refractivity contribution in [1.29, 1.82) is 0 Å². The molecule has 1 heterocycles. The van der Waals surface area contributed by atoms with E-state index in [1.807, 2.05) is 4.90 Å². The van der Waals surface area contributed by atoms with Gasteiger partial charge in [0.05, 0.1) is 10.6 Å². The lowest BCUT2D eigenvalue weighted by Crippen LogP contribution is -2.29. The van der Waals surface area contributed by atoms with Gasteiger partial charge in [-0.2, -0.15) is 13.2 Å². The van der Waals surface area contributed by atoms with Gasteiger partial charge in [-0.1, -0.05) is 11.6 Å².